The van der Waals surface area contributed by atoms with Crippen molar-refractivity contribution in [1.29, 1.82) is 0 Å². The number of H-pyrrole nitrogens is 1. The first-order valence-electron chi connectivity index (χ1n) is 8.46. The Morgan fingerprint density at radius 1 is 1.04 bits per heavy atom. The number of carbonyl (C=O) groups excluding carboxylic acids is 1. The average Bonchev–Trinajstić information content (AvgIpc) is 3.17. The Morgan fingerprint density at radius 2 is 1.68 bits per heavy atom. The number of hydrogen-bond donors (Lipinski definition) is 2. The maximum Gasteiger partial charge on any atom is 0.335 e. The maximum atomic E-state index is 13.0. The molecular formula is C20H16N4O4. The van der Waals surface area contributed by atoms with Crippen LogP contribution in [0.15, 0.2) is 58.3 Å². The van der Waals surface area contributed by atoms with Crippen LogP contribution in [0.4, 0.5) is 5.69 Å². The molecule has 0 aliphatic carbocycles. The van der Waals surface area contributed by atoms with Crippen molar-refractivity contribution in [2.45, 2.75) is 0 Å². The van der Waals surface area contributed by atoms with Gasteiger partial charge in [0, 0.05) is 19.8 Å². The van der Waals surface area contributed by atoms with Gasteiger partial charge >= 0.3 is 5.97 Å². The molecule has 0 saturated heterocycles. The number of amides is 1. The molecule has 28 heavy (non-hydrogen) atoms. The summed E-state index contributed by atoms with van der Waals surface area (Å²) in [4.78, 5) is 42.2. The maximum absolute atomic E-state index is 13.0. The molecule has 8 nitrogen and oxygen atoms in total. The van der Waals surface area contributed by atoms with Gasteiger partial charge in [0.15, 0.2) is 5.49 Å². The highest BCUT2D eigenvalue weighted by Gasteiger charge is 2.23. The molecule has 0 bridgehead atoms. The molecule has 8 heteroatoms. The summed E-state index contributed by atoms with van der Waals surface area (Å²) in [6.07, 6.45) is 0. The topological polar surface area (TPSA) is 108 Å². The molecule has 0 atom stereocenters. The van der Waals surface area contributed by atoms with Crippen molar-refractivity contribution in [3.63, 3.8) is 0 Å². The number of fused-ring (bicyclic) bond motifs is 1. The van der Waals surface area contributed by atoms with Crippen LogP contribution in [-0.4, -0.2) is 40.9 Å². The van der Waals surface area contributed by atoms with Crippen molar-refractivity contribution in [3.8, 4) is 5.69 Å². The summed E-state index contributed by atoms with van der Waals surface area (Å²) >= 11 is 0. The van der Waals surface area contributed by atoms with E-state index in [1.165, 1.54) is 28.9 Å². The number of nitrogens with zero attached hydrogens (tertiary/aromatic N) is 3. The van der Waals surface area contributed by atoms with Crippen LogP contribution in [0.3, 0.4) is 0 Å². The lowest BCUT2D eigenvalue weighted by Crippen LogP contribution is -2.35. The third-order valence-corrected chi connectivity index (χ3v) is 4.59. The van der Waals surface area contributed by atoms with Crippen molar-refractivity contribution in [3.05, 3.63) is 80.7 Å². The second kappa shape index (κ2) is 6.34. The number of benzene rings is 2. The fraction of sp³-hybridized carbons (Fsp3) is 0.100. The normalized spacial score (nSPS) is 12.6. The monoisotopic (exact) mass is 376 g/mol. The molecule has 4 rings (SSSR count). The van der Waals surface area contributed by atoms with Gasteiger partial charge in [-0.15, -0.1) is 0 Å². The Morgan fingerprint density at radius 3 is 2.25 bits per heavy atom. The van der Waals surface area contributed by atoms with Gasteiger partial charge in [0.2, 0.25) is 0 Å². The summed E-state index contributed by atoms with van der Waals surface area (Å²) in [6.45, 7) is 0. The summed E-state index contributed by atoms with van der Waals surface area (Å²) in [5.74, 6) is -1.52. The lowest BCUT2D eigenvalue weighted by atomic mass is 10.0. The first-order valence-corrected chi connectivity index (χ1v) is 8.46. The number of rotatable bonds is 4. The number of aromatic amines is 1. The van der Waals surface area contributed by atoms with Gasteiger partial charge in [0.25, 0.3) is 11.5 Å². The number of nitrogens with one attached hydrogen (secondary N) is 1. The lowest BCUT2D eigenvalue weighted by Gasteiger charge is -2.12. The van der Waals surface area contributed by atoms with Crippen LogP contribution in [0.2, 0.25) is 0 Å². The van der Waals surface area contributed by atoms with Gasteiger partial charge < -0.3 is 10.0 Å². The zero-order valence-corrected chi connectivity index (χ0v) is 15.1. The van der Waals surface area contributed by atoms with Crippen LogP contribution >= 0.6 is 0 Å². The largest absolute Gasteiger partial charge is 0.478 e. The number of carbonyl (C=O) groups is 2. The van der Waals surface area contributed by atoms with Gasteiger partial charge in [-0.2, -0.15) is 4.99 Å². The molecule has 1 aliphatic rings. The van der Waals surface area contributed by atoms with Crippen LogP contribution < -0.4 is 21.2 Å². The smallest absolute Gasteiger partial charge is 0.335 e. The SMILES string of the molecule is CN(C)c1ccc(C2=c3c([nH]n(-c4ccc(C(=O)O)cc4)c3=O)=NC2=O)cc1. The van der Waals surface area contributed by atoms with E-state index < -0.39 is 17.4 Å². The van der Waals surface area contributed by atoms with E-state index in [0.717, 1.165) is 5.69 Å². The fourth-order valence-corrected chi connectivity index (χ4v) is 3.13. The molecule has 2 heterocycles. The number of carboxylic acids is 1. The van der Waals surface area contributed by atoms with Crippen molar-refractivity contribution < 1.29 is 14.7 Å². The molecule has 0 spiro atoms. The average molecular weight is 376 g/mol. The Kier molecular flexibility index (Phi) is 3.96. The highest BCUT2D eigenvalue weighted by atomic mass is 16.4. The third kappa shape index (κ3) is 2.71. The number of hydrogen-bond acceptors (Lipinski definition) is 4. The molecule has 3 aromatic rings. The first-order chi connectivity index (χ1) is 13.4. The van der Waals surface area contributed by atoms with E-state index in [9.17, 15) is 14.4 Å². The van der Waals surface area contributed by atoms with E-state index >= 15 is 0 Å². The predicted octanol–water partition coefficient (Wildman–Crippen LogP) is 0.289. The minimum atomic E-state index is -1.05. The zero-order chi connectivity index (χ0) is 20.0. The molecule has 0 unspecified atom stereocenters. The Balaban J connectivity index is 1.87. The van der Waals surface area contributed by atoms with E-state index in [0.29, 0.717) is 11.3 Å². The van der Waals surface area contributed by atoms with Crippen LogP contribution in [-0.2, 0) is 4.79 Å². The number of aromatic nitrogens is 2. The molecule has 1 aliphatic heterocycles. The Labute approximate surface area is 158 Å². The number of aromatic carboxylic acids is 1. The number of carboxylic acid groups (broad SMARTS) is 1. The van der Waals surface area contributed by atoms with Gasteiger partial charge in [-0.25, -0.2) is 9.48 Å². The minimum absolute atomic E-state index is 0.115. The van der Waals surface area contributed by atoms with E-state index in [1.807, 2.05) is 31.1 Å². The van der Waals surface area contributed by atoms with Gasteiger partial charge in [-0.1, -0.05) is 12.1 Å². The second-order valence-corrected chi connectivity index (χ2v) is 6.56. The van der Waals surface area contributed by atoms with E-state index in [4.69, 9.17) is 5.11 Å². The molecule has 2 aromatic carbocycles. The van der Waals surface area contributed by atoms with E-state index in [-0.39, 0.29) is 21.8 Å². The molecular weight excluding hydrogens is 360 g/mol. The summed E-state index contributed by atoms with van der Waals surface area (Å²) in [5, 5.41) is 12.0. The Bertz CT molecular complexity index is 1280. The lowest BCUT2D eigenvalue weighted by molar-refractivity contribution is -0.112. The quantitative estimate of drug-likeness (QED) is 0.680. The van der Waals surface area contributed by atoms with Crippen molar-refractivity contribution in [2.75, 3.05) is 19.0 Å². The Hall–Kier alpha value is -3.94. The van der Waals surface area contributed by atoms with Gasteiger partial charge in [-0.05, 0) is 42.0 Å². The predicted molar refractivity (Wildman–Crippen MR) is 102 cm³/mol. The molecule has 0 radical (unpaired) electrons. The number of anilines is 1. The zero-order valence-electron chi connectivity index (χ0n) is 15.1. The van der Waals surface area contributed by atoms with Crippen LogP contribution in [0.5, 0.6) is 0 Å². The highest BCUT2D eigenvalue weighted by Crippen LogP contribution is 2.18. The van der Waals surface area contributed by atoms with Crippen LogP contribution in [0, 0.1) is 0 Å². The first kappa shape index (κ1) is 17.5. The standard InChI is InChI=1S/C20H16N4O4/c1-23(2)13-7-3-11(4-8-13)15-16-17(21-18(15)25)22-24(19(16)26)14-9-5-12(6-10-14)20(27)28/h3-10H,1-2H3,(H,27,28)(H,21,22,25). The second-order valence-electron chi connectivity index (χ2n) is 6.56. The minimum Gasteiger partial charge on any atom is -0.478 e. The molecule has 0 saturated carbocycles. The van der Waals surface area contributed by atoms with Crippen molar-refractivity contribution >= 4 is 23.1 Å². The highest BCUT2D eigenvalue weighted by molar-refractivity contribution is 6.20. The molecule has 0 fully saturated rings. The molecule has 140 valence electrons. The molecule has 2 N–H and O–H groups in total. The van der Waals surface area contributed by atoms with Crippen molar-refractivity contribution in [1.82, 2.24) is 9.78 Å². The third-order valence-electron chi connectivity index (χ3n) is 4.59. The molecule has 1 aromatic heterocycles. The van der Waals surface area contributed by atoms with Crippen LogP contribution in [0.1, 0.15) is 15.9 Å². The fourth-order valence-electron chi connectivity index (χ4n) is 3.13. The van der Waals surface area contributed by atoms with E-state index in [1.54, 1.807) is 12.1 Å². The van der Waals surface area contributed by atoms with Gasteiger partial charge in [-0.3, -0.25) is 14.7 Å². The summed E-state index contributed by atoms with van der Waals surface area (Å²) in [6, 6.07) is 13.1. The summed E-state index contributed by atoms with van der Waals surface area (Å²) < 4.78 is 1.25. The van der Waals surface area contributed by atoms with Crippen molar-refractivity contribution in [2.24, 2.45) is 4.99 Å². The molecule has 1 amide bonds. The summed E-state index contributed by atoms with van der Waals surface area (Å²) in [7, 11) is 3.83. The van der Waals surface area contributed by atoms with Crippen LogP contribution in [0.25, 0.3) is 11.3 Å². The van der Waals surface area contributed by atoms with E-state index in [2.05, 4.69) is 10.1 Å². The summed E-state index contributed by atoms with van der Waals surface area (Å²) in [5.41, 5.74) is 2.18. The van der Waals surface area contributed by atoms with Gasteiger partial charge in [0.1, 0.15) is 0 Å². The van der Waals surface area contributed by atoms with Gasteiger partial charge in [0.05, 0.1) is 22.0 Å².